The van der Waals surface area contributed by atoms with E-state index in [9.17, 15) is 9.59 Å². The first-order valence-corrected chi connectivity index (χ1v) is 2.96. The predicted molar refractivity (Wildman–Crippen MR) is 36.5 cm³/mol. The molecule has 0 rings (SSSR count). The summed E-state index contributed by atoms with van der Waals surface area (Å²) in [4.78, 5) is 20.6. The van der Waals surface area contributed by atoms with Crippen LogP contribution in [-0.4, -0.2) is 24.7 Å². The maximum Gasteiger partial charge on any atom is 0.321 e. The lowest BCUT2D eigenvalue weighted by molar-refractivity contribution is -0.117. The third-order valence-corrected chi connectivity index (χ3v) is 0.911. The number of hydrogen-bond donors (Lipinski definition) is 3. The van der Waals surface area contributed by atoms with Crippen LogP contribution in [0.4, 0.5) is 4.79 Å². The first-order valence-electron chi connectivity index (χ1n) is 2.33. The maximum absolute atomic E-state index is 10.3. The number of urea groups is 1. The standard InChI is InChI=1S/C4H8N2O2S/c1-5-4(8)6-3(7)2-9/h9H,2H2,1H3,(H2,5,6,7,8). The molecule has 0 aromatic heterocycles. The Labute approximate surface area is 58.4 Å². The lowest BCUT2D eigenvalue weighted by Crippen LogP contribution is -2.37. The van der Waals surface area contributed by atoms with Gasteiger partial charge in [-0.25, -0.2) is 4.79 Å². The molecule has 0 aromatic rings. The summed E-state index contributed by atoms with van der Waals surface area (Å²) in [5.74, 6) is -0.384. The number of carbonyl (C=O) groups is 2. The number of nitrogens with one attached hydrogen (secondary N) is 2. The van der Waals surface area contributed by atoms with Gasteiger partial charge in [0.2, 0.25) is 5.91 Å². The van der Waals surface area contributed by atoms with Crippen LogP contribution in [-0.2, 0) is 4.79 Å². The Bertz CT molecular complexity index is 112. The van der Waals surface area contributed by atoms with Crippen LogP contribution in [0, 0.1) is 0 Å². The molecule has 0 aliphatic carbocycles. The van der Waals surface area contributed by atoms with Crippen LogP contribution in [0.1, 0.15) is 0 Å². The second kappa shape index (κ2) is 4.20. The fourth-order valence-electron chi connectivity index (χ4n) is 0.229. The van der Waals surface area contributed by atoms with Crippen LogP contribution >= 0.6 is 12.6 Å². The van der Waals surface area contributed by atoms with E-state index in [1.807, 2.05) is 5.32 Å². The minimum absolute atomic E-state index is 0.0212. The van der Waals surface area contributed by atoms with E-state index in [4.69, 9.17) is 0 Å². The maximum atomic E-state index is 10.3. The molecule has 0 saturated carbocycles. The second-order valence-electron chi connectivity index (χ2n) is 1.29. The average Bonchev–Trinajstić information content (AvgIpc) is 1.87. The molecule has 0 fully saturated rings. The molecule has 0 bridgehead atoms. The molecule has 0 aliphatic rings. The number of imide groups is 1. The molecule has 52 valence electrons. The highest BCUT2D eigenvalue weighted by molar-refractivity contribution is 7.81. The SMILES string of the molecule is CNC(=O)NC(=O)CS. The number of rotatable bonds is 1. The smallest absolute Gasteiger partial charge is 0.321 e. The van der Waals surface area contributed by atoms with Gasteiger partial charge in [-0.1, -0.05) is 0 Å². The largest absolute Gasteiger partial charge is 0.341 e. The van der Waals surface area contributed by atoms with Crippen LogP contribution < -0.4 is 10.6 Å². The van der Waals surface area contributed by atoms with Crippen molar-refractivity contribution in [3.63, 3.8) is 0 Å². The summed E-state index contributed by atoms with van der Waals surface area (Å²) in [6.07, 6.45) is 0. The molecule has 0 saturated heterocycles. The van der Waals surface area contributed by atoms with Gasteiger partial charge in [0.05, 0.1) is 5.75 Å². The minimum atomic E-state index is -0.506. The van der Waals surface area contributed by atoms with Gasteiger partial charge in [0.25, 0.3) is 0 Å². The lowest BCUT2D eigenvalue weighted by atomic mass is 10.7. The molecule has 0 atom stereocenters. The monoisotopic (exact) mass is 148 g/mol. The van der Waals surface area contributed by atoms with E-state index in [1.165, 1.54) is 7.05 Å². The quantitative estimate of drug-likeness (QED) is 0.434. The molecule has 0 radical (unpaired) electrons. The fourth-order valence-corrected chi connectivity index (χ4v) is 0.308. The molecule has 9 heavy (non-hydrogen) atoms. The van der Waals surface area contributed by atoms with Crippen molar-refractivity contribution in [1.29, 1.82) is 0 Å². The van der Waals surface area contributed by atoms with Gasteiger partial charge in [0.1, 0.15) is 0 Å². The summed E-state index contributed by atoms with van der Waals surface area (Å²) in [6, 6.07) is -0.506. The molecule has 0 aromatic carbocycles. The van der Waals surface area contributed by atoms with Gasteiger partial charge in [-0.2, -0.15) is 12.6 Å². The summed E-state index contributed by atoms with van der Waals surface area (Å²) in [7, 11) is 1.43. The van der Waals surface area contributed by atoms with E-state index in [2.05, 4.69) is 17.9 Å². The number of hydrogen-bond acceptors (Lipinski definition) is 3. The Morgan fingerprint density at radius 3 is 2.44 bits per heavy atom. The summed E-state index contributed by atoms with van der Waals surface area (Å²) in [5, 5.41) is 4.24. The van der Waals surface area contributed by atoms with E-state index < -0.39 is 11.9 Å². The van der Waals surface area contributed by atoms with Crippen molar-refractivity contribution in [1.82, 2.24) is 10.6 Å². The zero-order valence-corrected chi connectivity index (χ0v) is 5.87. The molecule has 0 heterocycles. The molecule has 5 heteroatoms. The fraction of sp³-hybridized carbons (Fsp3) is 0.500. The van der Waals surface area contributed by atoms with Crippen molar-refractivity contribution < 1.29 is 9.59 Å². The Morgan fingerprint density at radius 1 is 1.56 bits per heavy atom. The van der Waals surface area contributed by atoms with Crippen molar-refractivity contribution in [2.24, 2.45) is 0 Å². The molecule has 0 unspecified atom stereocenters. The zero-order valence-electron chi connectivity index (χ0n) is 4.97. The van der Waals surface area contributed by atoms with E-state index >= 15 is 0 Å². The topological polar surface area (TPSA) is 58.2 Å². The van der Waals surface area contributed by atoms with Gasteiger partial charge >= 0.3 is 6.03 Å². The number of amides is 3. The van der Waals surface area contributed by atoms with Crippen LogP contribution in [0.25, 0.3) is 0 Å². The van der Waals surface area contributed by atoms with Crippen molar-refractivity contribution >= 4 is 24.6 Å². The van der Waals surface area contributed by atoms with E-state index in [-0.39, 0.29) is 5.75 Å². The molecule has 4 nitrogen and oxygen atoms in total. The van der Waals surface area contributed by atoms with Gasteiger partial charge in [-0.15, -0.1) is 0 Å². The Kier molecular flexibility index (Phi) is 3.87. The molecule has 3 amide bonds. The molecule has 0 aliphatic heterocycles. The summed E-state index contributed by atoms with van der Waals surface area (Å²) in [6.45, 7) is 0. The highest BCUT2D eigenvalue weighted by Crippen LogP contribution is 1.71. The molecule has 0 spiro atoms. The Morgan fingerprint density at radius 2 is 2.11 bits per heavy atom. The summed E-state index contributed by atoms with van der Waals surface area (Å²) < 4.78 is 0. The first-order chi connectivity index (χ1) is 4.20. The minimum Gasteiger partial charge on any atom is -0.341 e. The van der Waals surface area contributed by atoms with Crippen molar-refractivity contribution in [2.45, 2.75) is 0 Å². The third kappa shape index (κ3) is 3.84. The number of thiol groups is 1. The van der Waals surface area contributed by atoms with Gasteiger partial charge in [0.15, 0.2) is 0 Å². The van der Waals surface area contributed by atoms with Crippen molar-refractivity contribution in [3.8, 4) is 0 Å². The summed E-state index contributed by atoms with van der Waals surface area (Å²) in [5.41, 5.74) is 0. The van der Waals surface area contributed by atoms with Crippen LogP contribution in [0.3, 0.4) is 0 Å². The van der Waals surface area contributed by atoms with Crippen molar-refractivity contribution in [2.75, 3.05) is 12.8 Å². The van der Waals surface area contributed by atoms with Crippen molar-refractivity contribution in [3.05, 3.63) is 0 Å². The highest BCUT2D eigenvalue weighted by Gasteiger charge is 2.00. The normalized spacial score (nSPS) is 8.22. The Hall–Kier alpha value is -0.710. The van der Waals surface area contributed by atoms with E-state index in [0.29, 0.717) is 0 Å². The van der Waals surface area contributed by atoms with E-state index in [1.54, 1.807) is 0 Å². The second-order valence-corrected chi connectivity index (χ2v) is 1.60. The van der Waals surface area contributed by atoms with Gasteiger partial charge in [-0.3, -0.25) is 10.1 Å². The lowest BCUT2D eigenvalue weighted by Gasteiger charge is -1.97. The van der Waals surface area contributed by atoms with Crippen LogP contribution in [0.15, 0.2) is 0 Å². The molecular weight excluding hydrogens is 140 g/mol. The van der Waals surface area contributed by atoms with Crippen LogP contribution in [0.5, 0.6) is 0 Å². The third-order valence-electron chi connectivity index (χ3n) is 0.624. The highest BCUT2D eigenvalue weighted by atomic mass is 32.1. The average molecular weight is 148 g/mol. The predicted octanol–water partition coefficient (Wildman–Crippen LogP) is -0.628. The van der Waals surface area contributed by atoms with Crippen LogP contribution in [0.2, 0.25) is 0 Å². The van der Waals surface area contributed by atoms with Gasteiger partial charge in [0, 0.05) is 7.05 Å². The first kappa shape index (κ1) is 8.29. The van der Waals surface area contributed by atoms with Gasteiger partial charge < -0.3 is 5.32 Å². The zero-order chi connectivity index (χ0) is 7.28. The summed E-state index contributed by atoms with van der Waals surface area (Å²) >= 11 is 3.64. The molecule has 2 N–H and O–H groups in total. The molecular formula is C4H8N2O2S. The Balaban J connectivity index is 3.47. The van der Waals surface area contributed by atoms with Gasteiger partial charge in [-0.05, 0) is 0 Å². The van der Waals surface area contributed by atoms with E-state index in [0.717, 1.165) is 0 Å². The number of carbonyl (C=O) groups excluding carboxylic acids is 2.